The summed E-state index contributed by atoms with van der Waals surface area (Å²) in [6.07, 6.45) is 0. The summed E-state index contributed by atoms with van der Waals surface area (Å²) < 4.78 is 0. The third-order valence-electron chi connectivity index (χ3n) is 1.38. The summed E-state index contributed by atoms with van der Waals surface area (Å²) in [6.45, 7) is 6.72. The van der Waals surface area contributed by atoms with E-state index in [-0.39, 0.29) is 18.3 Å². The molecule has 0 rings (SSSR count). The monoisotopic (exact) mass is 128 g/mol. The first-order chi connectivity index (χ1) is 4.09. The number of hydrogen-bond acceptors (Lipinski definition) is 2. The molecule has 0 heterocycles. The van der Waals surface area contributed by atoms with Gasteiger partial charge in [0.15, 0.2) is 5.78 Å². The van der Waals surface area contributed by atoms with Crippen molar-refractivity contribution in [1.82, 2.24) is 0 Å². The Kier molecular flexibility index (Phi) is 3.17. The fraction of sp³-hybridized carbons (Fsp3) is 0.571. The predicted molar refractivity (Wildman–Crippen MR) is 36.1 cm³/mol. The molecule has 0 aromatic heterocycles. The van der Waals surface area contributed by atoms with Crippen molar-refractivity contribution >= 4 is 5.78 Å². The Labute approximate surface area is 55.2 Å². The second-order valence-corrected chi connectivity index (χ2v) is 2.19. The van der Waals surface area contributed by atoms with Crippen molar-refractivity contribution in [3.63, 3.8) is 0 Å². The molecule has 0 fully saturated rings. The van der Waals surface area contributed by atoms with E-state index in [1.807, 2.05) is 0 Å². The summed E-state index contributed by atoms with van der Waals surface area (Å²) in [5.74, 6) is -0.363. The van der Waals surface area contributed by atoms with Crippen molar-refractivity contribution < 1.29 is 9.90 Å². The quantitative estimate of drug-likeness (QED) is 0.570. The largest absolute Gasteiger partial charge is 0.389 e. The van der Waals surface area contributed by atoms with Crippen LogP contribution in [0, 0.1) is 5.92 Å². The lowest BCUT2D eigenvalue weighted by Gasteiger charge is -2.05. The van der Waals surface area contributed by atoms with Gasteiger partial charge in [-0.1, -0.05) is 19.1 Å². The van der Waals surface area contributed by atoms with Gasteiger partial charge in [-0.3, -0.25) is 4.79 Å². The number of allylic oxidation sites excluding steroid dienone is 1. The normalized spacial score (nSPS) is 12.8. The highest BCUT2D eigenvalue weighted by atomic mass is 16.3. The molecule has 9 heavy (non-hydrogen) atoms. The predicted octanol–water partition coefficient (Wildman–Crippen LogP) is 0.760. The Hall–Kier alpha value is -0.630. The van der Waals surface area contributed by atoms with Crippen molar-refractivity contribution in [2.45, 2.75) is 13.8 Å². The minimum absolute atomic E-state index is 0.164. The van der Waals surface area contributed by atoms with Gasteiger partial charge in [0.2, 0.25) is 0 Å². The molecule has 0 spiro atoms. The van der Waals surface area contributed by atoms with Gasteiger partial charge in [-0.2, -0.15) is 0 Å². The highest BCUT2D eigenvalue weighted by molar-refractivity contribution is 5.83. The second kappa shape index (κ2) is 3.41. The van der Waals surface area contributed by atoms with Crippen LogP contribution in [0.1, 0.15) is 13.8 Å². The van der Waals surface area contributed by atoms with Crippen molar-refractivity contribution in [2.24, 2.45) is 5.92 Å². The molecule has 1 unspecified atom stereocenters. The molecule has 2 heteroatoms. The standard InChI is InChI=1S/C7H12O2/c1-5(2)6(3)7(9)4-8/h6,8H,1,4H2,2-3H3. The summed E-state index contributed by atoms with van der Waals surface area (Å²) in [5, 5.41) is 8.36. The zero-order chi connectivity index (χ0) is 7.44. The third-order valence-corrected chi connectivity index (χ3v) is 1.38. The van der Waals surface area contributed by atoms with Crippen molar-refractivity contribution in [2.75, 3.05) is 6.61 Å². The van der Waals surface area contributed by atoms with E-state index in [9.17, 15) is 4.79 Å². The molecule has 0 aromatic carbocycles. The Bertz CT molecular complexity index is 127. The highest BCUT2D eigenvalue weighted by Crippen LogP contribution is 2.06. The maximum Gasteiger partial charge on any atom is 0.164 e. The molecule has 0 aliphatic rings. The first kappa shape index (κ1) is 8.37. The molecular weight excluding hydrogens is 116 g/mol. The molecule has 0 saturated heterocycles. The fourth-order valence-electron chi connectivity index (χ4n) is 0.412. The molecule has 0 aliphatic heterocycles. The zero-order valence-electron chi connectivity index (χ0n) is 5.85. The van der Waals surface area contributed by atoms with E-state index in [4.69, 9.17) is 5.11 Å². The van der Waals surface area contributed by atoms with Crippen LogP contribution in [0.25, 0.3) is 0 Å². The number of ketones is 1. The van der Waals surface area contributed by atoms with E-state index in [1.165, 1.54) is 0 Å². The number of carbonyl (C=O) groups is 1. The number of carbonyl (C=O) groups excluding carboxylic acids is 1. The summed E-state index contributed by atoms with van der Waals surface area (Å²) in [7, 11) is 0. The van der Waals surface area contributed by atoms with E-state index in [0.29, 0.717) is 0 Å². The van der Waals surface area contributed by atoms with Crippen LogP contribution in [0.2, 0.25) is 0 Å². The van der Waals surface area contributed by atoms with Gasteiger partial charge in [-0.15, -0.1) is 0 Å². The summed E-state index contributed by atoms with van der Waals surface area (Å²) in [5.41, 5.74) is 0.800. The Balaban J connectivity index is 3.88. The molecule has 0 aliphatic carbocycles. The molecular formula is C7H12O2. The Morgan fingerprint density at radius 2 is 2.22 bits per heavy atom. The van der Waals surface area contributed by atoms with E-state index in [1.54, 1.807) is 13.8 Å². The van der Waals surface area contributed by atoms with E-state index in [0.717, 1.165) is 5.57 Å². The molecule has 1 N–H and O–H groups in total. The number of Topliss-reactive ketones (excluding diaryl/α,β-unsaturated/α-hetero) is 1. The van der Waals surface area contributed by atoms with E-state index < -0.39 is 0 Å². The lowest BCUT2D eigenvalue weighted by atomic mass is 10.0. The van der Waals surface area contributed by atoms with Gasteiger partial charge in [0.1, 0.15) is 6.61 Å². The zero-order valence-corrected chi connectivity index (χ0v) is 5.85. The molecule has 0 bridgehead atoms. The minimum atomic E-state index is -0.381. The van der Waals surface area contributed by atoms with Crippen molar-refractivity contribution in [1.29, 1.82) is 0 Å². The molecule has 0 saturated carbocycles. The van der Waals surface area contributed by atoms with E-state index in [2.05, 4.69) is 6.58 Å². The SMILES string of the molecule is C=C(C)C(C)C(=O)CO. The van der Waals surface area contributed by atoms with Crippen LogP contribution in [-0.2, 0) is 4.79 Å². The average Bonchev–Trinajstić information content (AvgIpc) is 1.84. The lowest BCUT2D eigenvalue weighted by molar-refractivity contribution is -0.124. The fourth-order valence-corrected chi connectivity index (χ4v) is 0.412. The maximum absolute atomic E-state index is 10.6. The van der Waals surface area contributed by atoms with Gasteiger partial charge < -0.3 is 5.11 Å². The van der Waals surface area contributed by atoms with Crippen LogP contribution in [0.15, 0.2) is 12.2 Å². The Morgan fingerprint density at radius 3 is 2.33 bits per heavy atom. The Morgan fingerprint density at radius 1 is 1.78 bits per heavy atom. The first-order valence-corrected chi connectivity index (χ1v) is 2.88. The van der Waals surface area contributed by atoms with Crippen LogP contribution in [0.3, 0.4) is 0 Å². The van der Waals surface area contributed by atoms with Crippen LogP contribution in [-0.4, -0.2) is 17.5 Å². The van der Waals surface area contributed by atoms with Gasteiger partial charge in [0, 0.05) is 5.92 Å². The van der Waals surface area contributed by atoms with Gasteiger partial charge in [0.25, 0.3) is 0 Å². The topological polar surface area (TPSA) is 37.3 Å². The number of aliphatic hydroxyl groups excluding tert-OH is 1. The van der Waals surface area contributed by atoms with Crippen LogP contribution in [0.4, 0.5) is 0 Å². The molecule has 2 nitrogen and oxygen atoms in total. The lowest BCUT2D eigenvalue weighted by Crippen LogP contribution is -2.15. The van der Waals surface area contributed by atoms with Crippen molar-refractivity contribution in [3.05, 3.63) is 12.2 Å². The summed E-state index contributed by atoms with van der Waals surface area (Å²) in [4.78, 5) is 10.6. The minimum Gasteiger partial charge on any atom is -0.389 e. The van der Waals surface area contributed by atoms with Crippen LogP contribution >= 0.6 is 0 Å². The number of aliphatic hydroxyl groups is 1. The number of hydrogen-bond donors (Lipinski definition) is 1. The number of rotatable bonds is 3. The average molecular weight is 128 g/mol. The molecule has 0 amide bonds. The maximum atomic E-state index is 10.6. The van der Waals surface area contributed by atoms with Gasteiger partial charge in [-0.25, -0.2) is 0 Å². The van der Waals surface area contributed by atoms with E-state index >= 15 is 0 Å². The molecule has 0 radical (unpaired) electrons. The van der Waals surface area contributed by atoms with Gasteiger partial charge in [-0.05, 0) is 6.92 Å². The van der Waals surface area contributed by atoms with Gasteiger partial charge in [0.05, 0.1) is 0 Å². The van der Waals surface area contributed by atoms with Crippen LogP contribution in [0.5, 0.6) is 0 Å². The smallest absolute Gasteiger partial charge is 0.164 e. The second-order valence-electron chi connectivity index (χ2n) is 2.19. The molecule has 1 atom stereocenters. The van der Waals surface area contributed by atoms with Gasteiger partial charge >= 0.3 is 0 Å². The van der Waals surface area contributed by atoms with Crippen LogP contribution < -0.4 is 0 Å². The summed E-state index contributed by atoms with van der Waals surface area (Å²) >= 11 is 0. The molecule has 0 aromatic rings. The van der Waals surface area contributed by atoms with Crippen molar-refractivity contribution in [3.8, 4) is 0 Å². The highest BCUT2D eigenvalue weighted by Gasteiger charge is 2.10. The first-order valence-electron chi connectivity index (χ1n) is 2.88. The molecule has 52 valence electrons. The third kappa shape index (κ3) is 2.42. The summed E-state index contributed by atoms with van der Waals surface area (Å²) in [6, 6.07) is 0.